The van der Waals surface area contributed by atoms with E-state index in [9.17, 15) is 18.0 Å². The average Bonchev–Trinajstić information content (AvgIpc) is 2.63. The van der Waals surface area contributed by atoms with Crippen molar-refractivity contribution in [3.63, 3.8) is 0 Å². The van der Waals surface area contributed by atoms with Crippen molar-refractivity contribution in [3.05, 3.63) is 34.3 Å². The molecule has 1 N–H and O–H groups in total. The minimum absolute atomic E-state index is 0. The Morgan fingerprint density at radius 2 is 2.06 bits per heavy atom. The van der Waals surface area contributed by atoms with Crippen LogP contribution in [0.2, 0.25) is 5.02 Å². The van der Waals surface area contributed by atoms with Gasteiger partial charge < -0.3 is 10.1 Å². The molecule has 1 aliphatic heterocycles. The highest BCUT2D eigenvalue weighted by molar-refractivity contribution is 6.31. The average molecular weight is 302 g/mol. The summed E-state index contributed by atoms with van der Waals surface area (Å²) in [5, 5.41) is 2.23. The Morgan fingerprint density at radius 1 is 1.39 bits per heavy atom. The van der Waals surface area contributed by atoms with Gasteiger partial charge in [-0.3, -0.25) is 0 Å². The number of ether oxygens (including phenoxy) is 1. The van der Waals surface area contributed by atoms with Crippen molar-refractivity contribution in [2.24, 2.45) is 0 Å². The monoisotopic (exact) mass is 301 g/mol. The molecule has 8 heteroatoms. The molecule has 0 bridgehead atoms. The molecule has 1 fully saturated rings. The van der Waals surface area contributed by atoms with Gasteiger partial charge in [0, 0.05) is 10.6 Å². The Balaban J connectivity index is 0.00000162. The Morgan fingerprint density at radius 3 is 2.56 bits per heavy atom. The zero-order valence-corrected chi connectivity index (χ0v) is 10.3. The van der Waals surface area contributed by atoms with E-state index in [2.05, 4.69) is 10.1 Å². The quantitative estimate of drug-likeness (QED) is 0.861. The van der Waals surface area contributed by atoms with Crippen LogP contribution in [0.25, 0.3) is 0 Å². The molecule has 0 aliphatic carbocycles. The molecule has 1 heterocycles. The van der Waals surface area contributed by atoms with Gasteiger partial charge in [-0.1, -0.05) is 17.7 Å². The number of carbonyl (C=O) groups is 1. The Hall–Kier alpha value is -1.14. The number of carbonyl (C=O) groups excluding carboxylic acids is 1. The fourth-order valence-electron chi connectivity index (χ4n) is 1.68. The van der Waals surface area contributed by atoms with Gasteiger partial charge in [0.2, 0.25) is 0 Å². The van der Waals surface area contributed by atoms with Gasteiger partial charge in [0.15, 0.2) is 0 Å². The number of cyclic esters (lactones) is 1. The number of nitrogens with one attached hydrogen (secondary N) is 1. The summed E-state index contributed by atoms with van der Waals surface area (Å²) in [6, 6.07) is 2.61. The number of hydrogen-bond donors (Lipinski definition) is 1. The van der Waals surface area contributed by atoms with E-state index in [1.807, 2.05) is 0 Å². The molecular formula is C10H8Cl2F3NO2. The van der Waals surface area contributed by atoms with E-state index in [1.165, 1.54) is 12.1 Å². The van der Waals surface area contributed by atoms with Crippen LogP contribution in [0.5, 0.6) is 0 Å². The largest absolute Gasteiger partial charge is 0.447 e. The van der Waals surface area contributed by atoms with Gasteiger partial charge in [-0.25, -0.2) is 4.79 Å². The van der Waals surface area contributed by atoms with Crippen molar-refractivity contribution >= 4 is 30.1 Å². The lowest BCUT2D eigenvalue weighted by atomic mass is 10.0. The first-order valence-electron chi connectivity index (χ1n) is 4.68. The summed E-state index contributed by atoms with van der Waals surface area (Å²) in [7, 11) is 0. The van der Waals surface area contributed by atoms with Crippen molar-refractivity contribution in [2.45, 2.75) is 12.2 Å². The minimum atomic E-state index is -4.52. The topological polar surface area (TPSA) is 38.3 Å². The molecule has 1 amide bonds. The van der Waals surface area contributed by atoms with Gasteiger partial charge in [0.05, 0.1) is 11.6 Å². The number of alkyl halides is 3. The Labute approximate surface area is 112 Å². The first-order chi connectivity index (χ1) is 7.89. The molecular weight excluding hydrogens is 294 g/mol. The number of benzene rings is 1. The van der Waals surface area contributed by atoms with Crippen LogP contribution in [0.4, 0.5) is 18.0 Å². The molecule has 100 valence electrons. The maximum Gasteiger partial charge on any atom is 0.416 e. The molecule has 0 radical (unpaired) electrons. The number of alkyl carbamates (subject to hydrolysis) is 1. The summed E-state index contributed by atoms with van der Waals surface area (Å²) < 4.78 is 42.9. The highest BCUT2D eigenvalue weighted by Crippen LogP contribution is 2.38. The van der Waals surface area contributed by atoms with Crippen molar-refractivity contribution in [1.29, 1.82) is 0 Å². The summed E-state index contributed by atoms with van der Waals surface area (Å²) in [4.78, 5) is 10.8. The van der Waals surface area contributed by atoms with Crippen LogP contribution in [0, 0.1) is 0 Å². The van der Waals surface area contributed by atoms with E-state index in [-0.39, 0.29) is 29.6 Å². The summed E-state index contributed by atoms with van der Waals surface area (Å²) in [5.74, 6) is 0. The highest BCUT2D eigenvalue weighted by Gasteiger charge is 2.38. The number of rotatable bonds is 1. The predicted molar refractivity (Wildman–Crippen MR) is 60.9 cm³/mol. The molecule has 3 nitrogen and oxygen atoms in total. The molecule has 1 aliphatic rings. The molecule has 18 heavy (non-hydrogen) atoms. The minimum Gasteiger partial charge on any atom is -0.447 e. The van der Waals surface area contributed by atoms with E-state index in [1.54, 1.807) is 0 Å². The third-order valence-corrected chi connectivity index (χ3v) is 2.71. The lowest BCUT2D eigenvalue weighted by Gasteiger charge is -2.17. The fourth-order valence-corrected chi connectivity index (χ4v) is 1.98. The van der Waals surface area contributed by atoms with Crippen LogP contribution < -0.4 is 5.32 Å². The fraction of sp³-hybridized carbons (Fsp3) is 0.300. The first kappa shape index (κ1) is 14.9. The summed E-state index contributed by atoms with van der Waals surface area (Å²) >= 11 is 5.76. The van der Waals surface area contributed by atoms with E-state index in [0.29, 0.717) is 0 Å². The lowest BCUT2D eigenvalue weighted by Crippen LogP contribution is -2.22. The van der Waals surface area contributed by atoms with Gasteiger partial charge in [0.1, 0.15) is 6.61 Å². The molecule has 1 aromatic rings. The van der Waals surface area contributed by atoms with Crippen molar-refractivity contribution in [3.8, 4) is 0 Å². The molecule has 0 aromatic heterocycles. The van der Waals surface area contributed by atoms with Crippen LogP contribution in [-0.4, -0.2) is 12.7 Å². The van der Waals surface area contributed by atoms with E-state index >= 15 is 0 Å². The molecule has 1 aromatic carbocycles. The van der Waals surface area contributed by atoms with Crippen LogP contribution in [0.15, 0.2) is 18.2 Å². The highest BCUT2D eigenvalue weighted by atomic mass is 35.5. The molecule has 1 saturated heterocycles. The Kier molecular flexibility index (Phi) is 4.34. The van der Waals surface area contributed by atoms with E-state index < -0.39 is 23.9 Å². The van der Waals surface area contributed by atoms with Crippen molar-refractivity contribution in [2.75, 3.05) is 6.61 Å². The SMILES string of the molecule is Cl.O=C1N[C@H](c2c(Cl)cccc2C(F)(F)F)CO1. The van der Waals surface area contributed by atoms with Gasteiger partial charge in [0.25, 0.3) is 0 Å². The molecule has 2 rings (SSSR count). The van der Waals surface area contributed by atoms with Gasteiger partial charge in [-0.2, -0.15) is 13.2 Å². The predicted octanol–water partition coefficient (Wildman–Crippen LogP) is 3.56. The zero-order chi connectivity index (χ0) is 12.6. The van der Waals surface area contributed by atoms with Crippen LogP contribution >= 0.6 is 24.0 Å². The van der Waals surface area contributed by atoms with Crippen LogP contribution in [0.3, 0.4) is 0 Å². The summed E-state index contributed by atoms with van der Waals surface area (Å²) in [5.41, 5.74) is -1.02. The standard InChI is InChI=1S/C10H7ClF3NO2.ClH/c11-6-3-1-2-5(10(12,13)14)8(6)7-4-17-9(16)15-7;/h1-3,7H,4H2,(H,15,16);1H/t7-;/m0./s1. The van der Waals surface area contributed by atoms with Crippen LogP contribution in [0.1, 0.15) is 17.2 Å². The van der Waals surface area contributed by atoms with Crippen molar-refractivity contribution in [1.82, 2.24) is 5.32 Å². The second-order valence-electron chi connectivity index (χ2n) is 3.49. The zero-order valence-electron chi connectivity index (χ0n) is 8.75. The third kappa shape index (κ3) is 2.81. The maximum atomic E-state index is 12.8. The third-order valence-electron chi connectivity index (χ3n) is 2.38. The van der Waals surface area contributed by atoms with Gasteiger partial charge in [-0.15, -0.1) is 12.4 Å². The molecule has 0 unspecified atom stereocenters. The maximum absolute atomic E-state index is 12.8. The first-order valence-corrected chi connectivity index (χ1v) is 5.06. The van der Waals surface area contributed by atoms with Crippen molar-refractivity contribution < 1.29 is 22.7 Å². The Bertz CT molecular complexity index is 465. The normalized spacial score (nSPS) is 18.9. The van der Waals surface area contributed by atoms with E-state index in [0.717, 1.165) is 6.07 Å². The second-order valence-corrected chi connectivity index (χ2v) is 3.90. The summed E-state index contributed by atoms with van der Waals surface area (Å²) in [6.45, 7) is -0.161. The van der Waals surface area contributed by atoms with Gasteiger partial charge in [-0.05, 0) is 12.1 Å². The molecule has 0 spiro atoms. The molecule has 1 atom stereocenters. The molecule has 0 saturated carbocycles. The lowest BCUT2D eigenvalue weighted by molar-refractivity contribution is -0.138. The van der Waals surface area contributed by atoms with Gasteiger partial charge >= 0.3 is 12.3 Å². The second kappa shape index (κ2) is 5.24. The number of amides is 1. The van der Waals surface area contributed by atoms with Crippen LogP contribution in [-0.2, 0) is 10.9 Å². The number of halogens is 5. The van der Waals surface area contributed by atoms with E-state index in [4.69, 9.17) is 11.6 Å². The summed E-state index contributed by atoms with van der Waals surface area (Å²) in [6.07, 6.45) is -5.27. The smallest absolute Gasteiger partial charge is 0.416 e. The number of hydrogen-bond acceptors (Lipinski definition) is 2.